The van der Waals surface area contributed by atoms with Crippen LogP contribution in [-0.2, 0) is 0 Å². The largest absolute Gasteiger partial charge is 0.454 e. The molecule has 0 atom stereocenters. The molecule has 5 rings (SSSR count). The summed E-state index contributed by atoms with van der Waals surface area (Å²) < 4.78 is 16.7. The summed E-state index contributed by atoms with van der Waals surface area (Å²) in [5, 5.41) is 19.6. The fourth-order valence-corrected chi connectivity index (χ4v) is 2.75. The van der Waals surface area contributed by atoms with Gasteiger partial charge in [-0.15, -0.1) is 5.10 Å². The summed E-state index contributed by atoms with van der Waals surface area (Å²) in [6, 6.07) is 7.55. The van der Waals surface area contributed by atoms with Gasteiger partial charge in [0, 0.05) is 11.5 Å². The Balaban J connectivity index is 1.63. The first-order valence-corrected chi connectivity index (χ1v) is 7.55. The highest BCUT2D eigenvalue weighted by molar-refractivity contribution is 5.68. The Kier molecular flexibility index (Phi) is 2.64. The lowest BCUT2D eigenvalue weighted by Gasteiger charge is -1.98. The molecular formula is C16H11N5O3. The van der Waals surface area contributed by atoms with Crippen LogP contribution in [0.1, 0.15) is 30.2 Å². The quantitative estimate of drug-likeness (QED) is 0.789. The summed E-state index contributed by atoms with van der Waals surface area (Å²) in [6.07, 6.45) is 2.09. The topological polar surface area (TPSA) is 110 Å². The number of hydrogen-bond acceptors (Lipinski definition) is 7. The smallest absolute Gasteiger partial charge is 0.231 e. The lowest BCUT2D eigenvalue weighted by Crippen LogP contribution is -1.92. The number of nitrogens with zero attached hydrogens (tertiary/aromatic N) is 4. The molecule has 8 heteroatoms. The number of H-pyrrole nitrogens is 1. The molecule has 8 nitrogen and oxygen atoms in total. The van der Waals surface area contributed by atoms with Gasteiger partial charge in [0.1, 0.15) is 17.5 Å². The minimum Gasteiger partial charge on any atom is -0.454 e. The van der Waals surface area contributed by atoms with Gasteiger partial charge in [0.05, 0.1) is 0 Å². The van der Waals surface area contributed by atoms with E-state index in [1.165, 1.54) is 0 Å². The third-order valence-electron chi connectivity index (χ3n) is 4.10. The SMILES string of the molecule is N#Cc1n[nH]nc1-c1nc(-c2ccc3c(c2)OCO3)oc1C1CC1. The summed E-state index contributed by atoms with van der Waals surface area (Å²) in [4.78, 5) is 4.58. The number of nitriles is 1. The summed E-state index contributed by atoms with van der Waals surface area (Å²) in [5.41, 5.74) is 2.00. The number of benzene rings is 1. The van der Waals surface area contributed by atoms with Crippen LogP contribution in [0, 0.1) is 11.3 Å². The number of nitrogens with one attached hydrogen (secondary N) is 1. The van der Waals surface area contributed by atoms with Crippen molar-refractivity contribution in [3.63, 3.8) is 0 Å². The molecule has 1 aliphatic carbocycles. The zero-order valence-electron chi connectivity index (χ0n) is 12.4. The van der Waals surface area contributed by atoms with E-state index >= 15 is 0 Å². The number of aromatic amines is 1. The molecule has 0 radical (unpaired) electrons. The number of ether oxygens (including phenoxy) is 2. The van der Waals surface area contributed by atoms with Crippen molar-refractivity contribution in [1.29, 1.82) is 5.26 Å². The van der Waals surface area contributed by atoms with E-state index in [1.807, 2.05) is 24.3 Å². The van der Waals surface area contributed by atoms with E-state index in [0.29, 0.717) is 34.7 Å². The van der Waals surface area contributed by atoms with Gasteiger partial charge in [-0.25, -0.2) is 4.98 Å². The van der Waals surface area contributed by atoms with Crippen molar-refractivity contribution in [3.05, 3.63) is 29.7 Å². The molecule has 24 heavy (non-hydrogen) atoms. The normalized spacial score (nSPS) is 15.5. The minimum atomic E-state index is 0.211. The lowest BCUT2D eigenvalue weighted by atomic mass is 10.2. The van der Waals surface area contributed by atoms with Gasteiger partial charge in [-0.05, 0) is 31.0 Å². The summed E-state index contributed by atoms with van der Waals surface area (Å²) in [5.74, 6) is 2.92. The van der Waals surface area contributed by atoms with Crippen LogP contribution in [0.25, 0.3) is 22.8 Å². The standard InChI is InChI=1S/C16H11N5O3/c17-6-10-13(20-21-19-10)14-15(8-1-2-8)24-16(18-14)9-3-4-11-12(5-9)23-7-22-11/h3-5,8H,1-2,7H2,(H,19,20,21). The van der Waals surface area contributed by atoms with Crippen LogP contribution in [0.15, 0.2) is 22.6 Å². The molecular weight excluding hydrogens is 310 g/mol. The molecule has 0 unspecified atom stereocenters. The van der Waals surface area contributed by atoms with Gasteiger partial charge in [0.2, 0.25) is 12.7 Å². The van der Waals surface area contributed by atoms with Crippen LogP contribution in [0.5, 0.6) is 11.5 Å². The highest BCUT2D eigenvalue weighted by atomic mass is 16.7. The molecule has 1 aromatic carbocycles. The van der Waals surface area contributed by atoms with E-state index in [4.69, 9.17) is 13.9 Å². The molecule has 0 saturated heterocycles. The first-order chi connectivity index (χ1) is 11.8. The monoisotopic (exact) mass is 321 g/mol. The number of rotatable bonds is 3. The molecule has 1 N–H and O–H groups in total. The zero-order valence-corrected chi connectivity index (χ0v) is 12.4. The van der Waals surface area contributed by atoms with Gasteiger partial charge in [0.25, 0.3) is 0 Å². The maximum absolute atomic E-state index is 9.18. The second-order valence-corrected chi connectivity index (χ2v) is 5.71. The number of aromatic nitrogens is 4. The van der Waals surface area contributed by atoms with E-state index < -0.39 is 0 Å². The fraction of sp³-hybridized carbons (Fsp3) is 0.250. The minimum absolute atomic E-state index is 0.211. The van der Waals surface area contributed by atoms with Gasteiger partial charge >= 0.3 is 0 Å². The Morgan fingerprint density at radius 2 is 2.00 bits per heavy atom. The van der Waals surface area contributed by atoms with E-state index in [9.17, 15) is 5.26 Å². The Morgan fingerprint density at radius 1 is 1.12 bits per heavy atom. The molecule has 118 valence electrons. The van der Waals surface area contributed by atoms with Crippen LogP contribution in [-0.4, -0.2) is 27.2 Å². The van der Waals surface area contributed by atoms with Gasteiger partial charge in [-0.2, -0.15) is 15.6 Å². The molecule has 2 aliphatic rings. The highest BCUT2D eigenvalue weighted by Gasteiger charge is 2.34. The Hall–Kier alpha value is -3.34. The van der Waals surface area contributed by atoms with Crippen molar-refractivity contribution >= 4 is 0 Å². The van der Waals surface area contributed by atoms with Crippen LogP contribution in [0.4, 0.5) is 0 Å². The number of hydrogen-bond donors (Lipinski definition) is 1. The maximum Gasteiger partial charge on any atom is 0.231 e. The maximum atomic E-state index is 9.18. The van der Waals surface area contributed by atoms with Crippen LogP contribution >= 0.6 is 0 Å². The predicted octanol–water partition coefficient (Wildman–Crippen LogP) is 2.60. The van der Waals surface area contributed by atoms with Crippen molar-refractivity contribution in [1.82, 2.24) is 20.4 Å². The van der Waals surface area contributed by atoms with Crippen LogP contribution < -0.4 is 9.47 Å². The second-order valence-electron chi connectivity index (χ2n) is 5.71. The molecule has 3 heterocycles. The number of fused-ring (bicyclic) bond motifs is 1. The van der Waals surface area contributed by atoms with E-state index in [-0.39, 0.29) is 12.5 Å². The van der Waals surface area contributed by atoms with E-state index in [0.717, 1.165) is 24.2 Å². The number of oxazole rings is 1. The summed E-state index contributed by atoms with van der Waals surface area (Å²) in [7, 11) is 0. The van der Waals surface area contributed by atoms with Crippen molar-refractivity contribution in [3.8, 4) is 40.4 Å². The van der Waals surface area contributed by atoms with E-state index in [2.05, 4.69) is 20.4 Å². The predicted molar refractivity (Wildman–Crippen MR) is 80.1 cm³/mol. The van der Waals surface area contributed by atoms with Crippen LogP contribution in [0.3, 0.4) is 0 Å². The second kappa shape index (κ2) is 4.83. The van der Waals surface area contributed by atoms with Gasteiger partial charge in [0.15, 0.2) is 22.9 Å². The Morgan fingerprint density at radius 3 is 2.83 bits per heavy atom. The van der Waals surface area contributed by atoms with Crippen LogP contribution in [0.2, 0.25) is 0 Å². The van der Waals surface area contributed by atoms with Gasteiger partial charge < -0.3 is 13.9 Å². The van der Waals surface area contributed by atoms with Gasteiger partial charge in [-0.3, -0.25) is 0 Å². The van der Waals surface area contributed by atoms with Crippen molar-refractivity contribution in [2.75, 3.05) is 6.79 Å². The molecule has 1 saturated carbocycles. The van der Waals surface area contributed by atoms with Crippen molar-refractivity contribution in [2.24, 2.45) is 0 Å². The van der Waals surface area contributed by atoms with Crippen molar-refractivity contribution < 1.29 is 13.9 Å². The third kappa shape index (κ3) is 1.95. The molecule has 0 amide bonds. The zero-order chi connectivity index (χ0) is 16.1. The summed E-state index contributed by atoms with van der Waals surface area (Å²) >= 11 is 0. The molecule has 1 fully saturated rings. The fourth-order valence-electron chi connectivity index (χ4n) is 2.75. The Bertz CT molecular complexity index is 980. The average Bonchev–Trinajstić information content (AvgIpc) is 3.05. The first kappa shape index (κ1) is 13.1. The third-order valence-corrected chi connectivity index (χ3v) is 4.10. The van der Waals surface area contributed by atoms with Crippen molar-refractivity contribution in [2.45, 2.75) is 18.8 Å². The average molecular weight is 321 g/mol. The molecule has 3 aromatic rings. The highest BCUT2D eigenvalue weighted by Crippen LogP contribution is 2.46. The van der Waals surface area contributed by atoms with E-state index in [1.54, 1.807) is 0 Å². The summed E-state index contributed by atoms with van der Waals surface area (Å²) in [6.45, 7) is 0.216. The molecule has 0 spiro atoms. The molecule has 0 bridgehead atoms. The lowest BCUT2D eigenvalue weighted by molar-refractivity contribution is 0.174. The first-order valence-electron chi connectivity index (χ1n) is 7.55. The van der Waals surface area contributed by atoms with Gasteiger partial charge in [-0.1, -0.05) is 0 Å². The molecule has 2 aromatic heterocycles. The Labute approximate surface area is 136 Å². The molecule has 1 aliphatic heterocycles.